The van der Waals surface area contributed by atoms with E-state index in [4.69, 9.17) is 0 Å². The van der Waals surface area contributed by atoms with Gasteiger partial charge in [-0.05, 0) is 30.6 Å². The molecule has 3 fully saturated rings. The molecular formula is C10H16O. The van der Waals surface area contributed by atoms with E-state index in [-0.39, 0.29) is 5.41 Å². The highest BCUT2D eigenvalue weighted by Gasteiger charge is 2.55. The monoisotopic (exact) mass is 152 g/mol. The summed E-state index contributed by atoms with van der Waals surface area (Å²) in [6.45, 7) is 4.44. The summed E-state index contributed by atoms with van der Waals surface area (Å²) in [5.41, 5.74) is 0.0671. The fourth-order valence-corrected chi connectivity index (χ4v) is 3.08. The minimum absolute atomic E-state index is 0.0671. The van der Waals surface area contributed by atoms with Crippen LogP contribution in [0.15, 0.2) is 0 Å². The Bertz CT molecular complexity index is 185. The molecule has 0 heterocycles. The van der Waals surface area contributed by atoms with Crippen molar-refractivity contribution < 1.29 is 4.79 Å². The Kier molecular flexibility index (Phi) is 1.39. The molecule has 4 atom stereocenters. The Labute approximate surface area is 68.2 Å². The van der Waals surface area contributed by atoms with E-state index in [1.54, 1.807) is 0 Å². The lowest BCUT2D eigenvalue weighted by Gasteiger charge is -2.58. The van der Waals surface area contributed by atoms with Gasteiger partial charge in [0.25, 0.3) is 0 Å². The predicted octanol–water partition coefficient (Wildman–Crippen LogP) is 2.26. The van der Waals surface area contributed by atoms with E-state index in [9.17, 15) is 4.79 Å². The minimum atomic E-state index is 0.0671. The fraction of sp³-hybridized carbons (Fsp3) is 0.900. The molecule has 0 aromatic carbocycles. The molecule has 0 spiro atoms. The first-order valence-electron chi connectivity index (χ1n) is 4.65. The van der Waals surface area contributed by atoms with Crippen molar-refractivity contribution in [2.45, 2.75) is 33.1 Å². The second kappa shape index (κ2) is 2.09. The summed E-state index contributed by atoms with van der Waals surface area (Å²) < 4.78 is 0. The predicted molar refractivity (Wildman–Crippen MR) is 44.2 cm³/mol. The first-order chi connectivity index (χ1) is 5.18. The molecule has 1 heteroatoms. The van der Waals surface area contributed by atoms with Crippen molar-refractivity contribution >= 4 is 6.29 Å². The largest absolute Gasteiger partial charge is 0.303 e. The molecule has 1 nitrogen and oxygen atoms in total. The third-order valence-electron chi connectivity index (χ3n) is 4.13. The maximum absolute atomic E-state index is 10.9. The molecular weight excluding hydrogens is 136 g/mol. The van der Waals surface area contributed by atoms with E-state index >= 15 is 0 Å². The zero-order chi connectivity index (χ0) is 8.06. The number of hydrogen-bond donors (Lipinski definition) is 0. The Hall–Kier alpha value is -0.330. The molecule has 3 aliphatic carbocycles. The third kappa shape index (κ3) is 0.743. The van der Waals surface area contributed by atoms with Crippen LogP contribution in [0.5, 0.6) is 0 Å². The maximum atomic E-state index is 10.9. The molecule has 2 bridgehead atoms. The zero-order valence-corrected chi connectivity index (χ0v) is 7.34. The number of fused-ring (bicyclic) bond motifs is 2. The summed E-state index contributed by atoms with van der Waals surface area (Å²) in [7, 11) is 0. The minimum Gasteiger partial charge on any atom is -0.303 e. The summed E-state index contributed by atoms with van der Waals surface area (Å²) in [5, 5.41) is 0. The van der Waals surface area contributed by atoms with Gasteiger partial charge in [0.15, 0.2) is 0 Å². The van der Waals surface area contributed by atoms with Crippen molar-refractivity contribution in [1.82, 2.24) is 0 Å². The lowest BCUT2D eigenvalue weighted by molar-refractivity contribution is -0.147. The Morgan fingerprint density at radius 2 is 2.18 bits per heavy atom. The summed E-state index contributed by atoms with van der Waals surface area (Å²) >= 11 is 0. The van der Waals surface area contributed by atoms with Crippen molar-refractivity contribution in [3.8, 4) is 0 Å². The van der Waals surface area contributed by atoms with Gasteiger partial charge in [0.05, 0.1) is 0 Å². The number of carbonyl (C=O) groups is 1. The lowest BCUT2D eigenvalue weighted by atomic mass is 9.46. The van der Waals surface area contributed by atoms with Gasteiger partial charge in [-0.1, -0.05) is 20.3 Å². The number of carbonyl (C=O) groups excluding carboxylic acids is 1. The highest BCUT2D eigenvalue weighted by molar-refractivity contribution is 5.62. The first kappa shape index (κ1) is 7.33. The summed E-state index contributed by atoms with van der Waals surface area (Å²) in [6.07, 6.45) is 5.16. The van der Waals surface area contributed by atoms with E-state index < -0.39 is 0 Å². The number of rotatable bonds is 1. The van der Waals surface area contributed by atoms with Crippen LogP contribution in [-0.4, -0.2) is 6.29 Å². The normalized spacial score (nSPS) is 54.9. The van der Waals surface area contributed by atoms with Crippen LogP contribution >= 0.6 is 0 Å². The van der Waals surface area contributed by atoms with Crippen LogP contribution in [0.2, 0.25) is 0 Å². The second-order valence-electron chi connectivity index (χ2n) is 4.58. The van der Waals surface area contributed by atoms with Gasteiger partial charge in [-0.2, -0.15) is 0 Å². The number of aldehydes is 1. The third-order valence-corrected chi connectivity index (χ3v) is 4.13. The molecule has 0 radical (unpaired) electrons. The van der Waals surface area contributed by atoms with Crippen LogP contribution in [0.3, 0.4) is 0 Å². The lowest BCUT2D eigenvalue weighted by Crippen LogP contribution is -2.54. The average Bonchev–Trinajstić information content (AvgIpc) is 2.02. The quantitative estimate of drug-likeness (QED) is 0.527. The van der Waals surface area contributed by atoms with Crippen molar-refractivity contribution in [3.63, 3.8) is 0 Å². The van der Waals surface area contributed by atoms with Crippen molar-refractivity contribution in [2.24, 2.45) is 23.2 Å². The molecule has 0 aliphatic heterocycles. The van der Waals surface area contributed by atoms with Crippen LogP contribution in [0, 0.1) is 23.2 Å². The topological polar surface area (TPSA) is 17.1 Å². The molecule has 0 amide bonds. The first-order valence-corrected chi connectivity index (χ1v) is 4.65. The van der Waals surface area contributed by atoms with E-state index in [1.807, 2.05) is 0 Å². The van der Waals surface area contributed by atoms with Gasteiger partial charge in [0.1, 0.15) is 6.29 Å². The SMILES string of the molecule is CC1CCC2CC1C2(C)C=O. The molecule has 3 aliphatic rings. The zero-order valence-electron chi connectivity index (χ0n) is 7.34. The highest BCUT2D eigenvalue weighted by Crippen LogP contribution is 2.60. The van der Waals surface area contributed by atoms with Gasteiger partial charge in [0, 0.05) is 5.41 Å². The molecule has 0 aromatic heterocycles. The van der Waals surface area contributed by atoms with Gasteiger partial charge in [-0.15, -0.1) is 0 Å². The molecule has 4 unspecified atom stereocenters. The molecule has 62 valence electrons. The van der Waals surface area contributed by atoms with Crippen molar-refractivity contribution in [3.05, 3.63) is 0 Å². The van der Waals surface area contributed by atoms with Crippen molar-refractivity contribution in [2.75, 3.05) is 0 Å². The van der Waals surface area contributed by atoms with Crippen LogP contribution in [0.1, 0.15) is 33.1 Å². The molecule has 11 heavy (non-hydrogen) atoms. The molecule has 0 aromatic rings. The smallest absolute Gasteiger partial charge is 0.126 e. The Balaban J connectivity index is 2.20. The molecule has 3 saturated carbocycles. The van der Waals surface area contributed by atoms with Gasteiger partial charge < -0.3 is 4.79 Å². The summed E-state index contributed by atoms with van der Waals surface area (Å²) in [4.78, 5) is 10.9. The van der Waals surface area contributed by atoms with Crippen LogP contribution < -0.4 is 0 Å². The Morgan fingerprint density at radius 3 is 2.55 bits per heavy atom. The standard InChI is InChI=1S/C10H16O/c1-7-3-4-8-5-9(7)10(8,2)6-11/h6-9H,3-5H2,1-2H3. The van der Waals surface area contributed by atoms with E-state index in [1.165, 1.54) is 25.5 Å². The van der Waals surface area contributed by atoms with Gasteiger partial charge in [-0.25, -0.2) is 0 Å². The molecule has 0 saturated heterocycles. The Morgan fingerprint density at radius 1 is 1.45 bits per heavy atom. The molecule has 0 N–H and O–H groups in total. The van der Waals surface area contributed by atoms with Gasteiger partial charge >= 0.3 is 0 Å². The van der Waals surface area contributed by atoms with Crippen LogP contribution in [0.25, 0.3) is 0 Å². The van der Waals surface area contributed by atoms with Gasteiger partial charge in [0.2, 0.25) is 0 Å². The number of hydrogen-bond acceptors (Lipinski definition) is 1. The van der Waals surface area contributed by atoms with Crippen LogP contribution in [0.4, 0.5) is 0 Å². The summed E-state index contributed by atoms with van der Waals surface area (Å²) in [6, 6.07) is 0. The second-order valence-corrected chi connectivity index (χ2v) is 4.58. The van der Waals surface area contributed by atoms with E-state index in [0.29, 0.717) is 5.92 Å². The summed E-state index contributed by atoms with van der Waals surface area (Å²) in [5.74, 6) is 2.22. The fourth-order valence-electron chi connectivity index (χ4n) is 3.08. The van der Waals surface area contributed by atoms with E-state index in [0.717, 1.165) is 11.8 Å². The maximum Gasteiger partial charge on any atom is 0.126 e. The van der Waals surface area contributed by atoms with Gasteiger partial charge in [-0.3, -0.25) is 0 Å². The van der Waals surface area contributed by atoms with E-state index in [2.05, 4.69) is 13.8 Å². The van der Waals surface area contributed by atoms with Crippen molar-refractivity contribution in [1.29, 1.82) is 0 Å². The highest BCUT2D eigenvalue weighted by atomic mass is 16.1. The average molecular weight is 152 g/mol. The van der Waals surface area contributed by atoms with Crippen LogP contribution in [-0.2, 0) is 4.79 Å². The molecule has 3 rings (SSSR count).